The minimum Gasteiger partial charge on any atom is -0.294 e. The first-order chi connectivity index (χ1) is 9.60. The van der Waals surface area contributed by atoms with Crippen LogP contribution < -0.4 is 0 Å². The molecule has 0 N–H and O–H groups in total. The number of rotatable bonds is 2. The van der Waals surface area contributed by atoms with Crippen LogP contribution in [0.4, 0.5) is 4.39 Å². The van der Waals surface area contributed by atoms with Crippen molar-refractivity contribution in [2.45, 2.75) is 5.88 Å². The number of fused-ring (bicyclic) bond motifs is 1. The second-order valence-electron chi connectivity index (χ2n) is 4.23. The zero-order valence-corrected chi connectivity index (χ0v) is 13.2. The second-order valence-corrected chi connectivity index (χ2v) is 5.82. The van der Waals surface area contributed by atoms with Gasteiger partial charge in [-0.2, -0.15) is 0 Å². The molecule has 0 saturated carbocycles. The number of hydrogen-bond donors (Lipinski definition) is 0. The van der Waals surface area contributed by atoms with Crippen molar-refractivity contribution in [3.8, 4) is 5.69 Å². The van der Waals surface area contributed by atoms with Crippen LogP contribution >= 0.6 is 39.1 Å². The summed E-state index contributed by atoms with van der Waals surface area (Å²) in [5.74, 6) is 0.507. The van der Waals surface area contributed by atoms with Crippen molar-refractivity contribution >= 4 is 50.2 Å². The largest absolute Gasteiger partial charge is 0.294 e. The van der Waals surface area contributed by atoms with Gasteiger partial charge in [0.1, 0.15) is 11.6 Å². The first-order valence-electron chi connectivity index (χ1n) is 5.78. The normalized spacial score (nSPS) is 11.2. The summed E-state index contributed by atoms with van der Waals surface area (Å²) in [6.45, 7) is 0. The van der Waals surface area contributed by atoms with E-state index in [9.17, 15) is 4.39 Å². The van der Waals surface area contributed by atoms with Gasteiger partial charge in [0.05, 0.1) is 27.6 Å². The maximum absolute atomic E-state index is 13.5. The van der Waals surface area contributed by atoms with Crippen LogP contribution in [0.1, 0.15) is 5.82 Å². The third-order valence-corrected chi connectivity index (χ3v) is 3.99. The minimum absolute atomic E-state index is 0.211. The molecular formula is C14H8BrCl2FN2. The second kappa shape index (κ2) is 5.35. The van der Waals surface area contributed by atoms with Crippen LogP contribution in [0.15, 0.2) is 40.9 Å². The van der Waals surface area contributed by atoms with Gasteiger partial charge >= 0.3 is 0 Å². The number of benzene rings is 2. The Bertz CT molecular complexity index is 801. The molecule has 0 bridgehead atoms. The highest BCUT2D eigenvalue weighted by molar-refractivity contribution is 9.10. The van der Waals surface area contributed by atoms with Gasteiger partial charge in [-0.1, -0.05) is 27.5 Å². The van der Waals surface area contributed by atoms with Gasteiger partial charge in [-0.15, -0.1) is 11.6 Å². The lowest BCUT2D eigenvalue weighted by Gasteiger charge is -2.10. The molecule has 0 radical (unpaired) electrons. The summed E-state index contributed by atoms with van der Waals surface area (Å²) >= 11 is 15.6. The highest BCUT2D eigenvalue weighted by Gasteiger charge is 2.14. The predicted octanol–water partition coefficient (Wildman–Crippen LogP) is 5.32. The van der Waals surface area contributed by atoms with E-state index in [1.807, 2.05) is 12.1 Å². The molecule has 3 rings (SSSR count). The smallest absolute Gasteiger partial charge is 0.129 e. The van der Waals surface area contributed by atoms with Crippen molar-refractivity contribution in [1.29, 1.82) is 0 Å². The quantitative estimate of drug-likeness (QED) is 0.556. The molecule has 102 valence electrons. The Morgan fingerprint density at radius 3 is 2.70 bits per heavy atom. The molecule has 0 spiro atoms. The maximum atomic E-state index is 13.5. The van der Waals surface area contributed by atoms with E-state index in [4.69, 9.17) is 23.2 Å². The third kappa shape index (κ3) is 2.32. The number of hydrogen-bond acceptors (Lipinski definition) is 1. The highest BCUT2D eigenvalue weighted by atomic mass is 79.9. The highest BCUT2D eigenvalue weighted by Crippen LogP contribution is 2.30. The SMILES string of the molecule is Fc1ccc2nc(CCl)n(-c3ccc(Br)cc3Cl)c2c1. The van der Waals surface area contributed by atoms with E-state index in [2.05, 4.69) is 20.9 Å². The summed E-state index contributed by atoms with van der Waals surface area (Å²) in [5, 5.41) is 0.536. The van der Waals surface area contributed by atoms with E-state index < -0.39 is 0 Å². The zero-order chi connectivity index (χ0) is 14.3. The molecule has 0 aliphatic carbocycles. The molecule has 0 fully saturated rings. The van der Waals surface area contributed by atoms with E-state index in [1.165, 1.54) is 12.1 Å². The molecule has 0 amide bonds. The van der Waals surface area contributed by atoms with Crippen molar-refractivity contribution < 1.29 is 4.39 Å². The molecule has 2 nitrogen and oxygen atoms in total. The average Bonchev–Trinajstić information content (AvgIpc) is 2.76. The summed E-state index contributed by atoms with van der Waals surface area (Å²) in [5.41, 5.74) is 2.05. The van der Waals surface area contributed by atoms with Crippen molar-refractivity contribution in [1.82, 2.24) is 9.55 Å². The van der Waals surface area contributed by atoms with E-state index in [1.54, 1.807) is 16.7 Å². The summed E-state index contributed by atoms with van der Waals surface area (Å²) in [4.78, 5) is 4.41. The first kappa shape index (κ1) is 13.9. The monoisotopic (exact) mass is 372 g/mol. The lowest BCUT2D eigenvalue weighted by Crippen LogP contribution is -2.00. The van der Waals surface area contributed by atoms with Crippen molar-refractivity contribution in [2.75, 3.05) is 0 Å². The van der Waals surface area contributed by atoms with E-state index in [0.717, 1.165) is 10.2 Å². The number of halogens is 4. The Kier molecular flexibility index (Phi) is 3.71. The predicted molar refractivity (Wildman–Crippen MR) is 83.3 cm³/mol. The Morgan fingerprint density at radius 1 is 1.20 bits per heavy atom. The van der Waals surface area contributed by atoms with Gasteiger partial charge in [0.15, 0.2) is 0 Å². The van der Waals surface area contributed by atoms with Crippen molar-refractivity contribution in [2.24, 2.45) is 0 Å². The number of nitrogens with zero attached hydrogens (tertiary/aromatic N) is 2. The van der Waals surface area contributed by atoms with E-state index >= 15 is 0 Å². The van der Waals surface area contributed by atoms with Crippen LogP contribution in [0, 0.1) is 5.82 Å². The maximum Gasteiger partial charge on any atom is 0.129 e. The van der Waals surface area contributed by atoms with Crippen LogP contribution in [0.5, 0.6) is 0 Å². The molecule has 0 aliphatic rings. The van der Waals surface area contributed by atoms with E-state index in [-0.39, 0.29) is 11.7 Å². The molecule has 2 aromatic carbocycles. The van der Waals surface area contributed by atoms with Gasteiger partial charge in [-0.05, 0) is 30.3 Å². The van der Waals surface area contributed by atoms with Crippen LogP contribution in [-0.2, 0) is 5.88 Å². The molecule has 1 aromatic heterocycles. The average molecular weight is 374 g/mol. The Labute approximate surface area is 133 Å². The lowest BCUT2D eigenvalue weighted by molar-refractivity contribution is 0.629. The van der Waals surface area contributed by atoms with Crippen molar-refractivity contribution in [3.05, 3.63) is 57.5 Å². The molecule has 0 saturated heterocycles. The van der Waals surface area contributed by atoms with Crippen molar-refractivity contribution in [3.63, 3.8) is 0 Å². The fourth-order valence-electron chi connectivity index (χ4n) is 2.12. The van der Waals surface area contributed by atoms with E-state index in [0.29, 0.717) is 21.9 Å². The van der Waals surface area contributed by atoms with Gasteiger partial charge in [0.25, 0.3) is 0 Å². The zero-order valence-electron chi connectivity index (χ0n) is 10.1. The fraction of sp³-hybridized carbons (Fsp3) is 0.0714. The van der Waals surface area contributed by atoms with Gasteiger partial charge < -0.3 is 0 Å². The standard InChI is InChI=1S/C14H8BrCl2FN2/c15-8-1-4-12(10(17)5-8)20-13-6-9(18)2-3-11(13)19-14(20)7-16/h1-6H,7H2. The summed E-state index contributed by atoms with van der Waals surface area (Å²) in [6.07, 6.45) is 0. The number of aromatic nitrogens is 2. The van der Waals surface area contributed by atoms with Gasteiger partial charge in [-0.3, -0.25) is 4.57 Å². The van der Waals surface area contributed by atoms with Gasteiger partial charge in [-0.25, -0.2) is 9.37 Å². The van der Waals surface area contributed by atoms with Gasteiger partial charge in [0, 0.05) is 10.5 Å². The molecule has 6 heteroatoms. The lowest BCUT2D eigenvalue weighted by atomic mass is 10.2. The topological polar surface area (TPSA) is 17.8 Å². The number of alkyl halides is 1. The fourth-order valence-corrected chi connectivity index (χ4v) is 3.06. The van der Waals surface area contributed by atoms with Gasteiger partial charge in [0.2, 0.25) is 0 Å². The Balaban J connectivity index is 2.36. The Morgan fingerprint density at radius 2 is 2.00 bits per heavy atom. The molecule has 0 unspecified atom stereocenters. The molecule has 1 heterocycles. The van der Waals surface area contributed by atoms with Crippen LogP contribution in [0.25, 0.3) is 16.7 Å². The Hall–Kier alpha value is -1.10. The molecule has 0 atom stereocenters. The molecule has 20 heavy (non-hydrogen) atoms. The summed E-state index contributed by atoms with van der Waals surface area (Å²) < 4.78 is 16.1. The molecular weight excluding hydrogens is 366 g/mol. The van der Waals surface area contributed by atoms with Crippen LogP contribution in [0.2, 0.25) is 5.02 Å². The van der Waals surface area contributed by atoms with Crippen LogP contribution in [0.3, 0.4) is 0 Å². The molecule has 3 aromatic rings. The first-order valence-corrected chi connectivity index (χ1v) is 7.49. The summed E-state index contributed by atoms with van der Waals surface area (Å²) in [7, 11) is 0. The number of imidazole rings is 1. The van der Waals surface area contributed by atoms with Crippen LogP contribution in [-0.4, -0.2) is 9.55 Å². The minimum atomic E-state index is -0.326. The molecule has 0 aliphatic heterocycles. The third-order valence-electron chi connectivity index (χ3n) is 2.96. The summed E-state index contributed by atoms with van der Waals surface area (Å²) in [6, 6.07) is 9.92.